The second kappa shape index (κ2) is 1020. The minimum absolute atomic E-state index is 0.833. The van der Waals surface area contributed by atoms with Crippen molar-refractivity contribution >= 4 is 0 Å². The highest BCUT2D eigenvalue weighted by atomic mass is 13.7. The summed E-state index contributed by atoms with van der Waals surface area (Å²) in [6.07, 6.45) is 1.25. The average Bonchev–Trinajstić information content (AvgIpc) is 2.82. The van der Waals surface area contributed by atoms with E-state index in [1.54, 1.807) is 0 Å². The van der Waals surface area contributed by atoms with E-state index in [0.29, 0.717) is 0 Å². The van der Waals surface area contributed by atoms with Gasteiger partial charge in [-0.3, -0.25) is 0 Å². The van der Waals surface area contributed by atoms with Gasteiger partial charge in [-0.25, -0.2) is 0 Å². The van der Waals surface area contributed by atoms with Crippen LogP contribution in [0.1, 0.15) is 180 Å². The molecule has 0 heteroatoms. The molecule has 0 aliphatic rings. The highest BCUT2D eigenvalue weighted by Crippen LogP contribution is 1.81. The van der Waals surface area contributed by atoms with Gasteiger partial charge in [0, 0.05) is 0 Å². The molecule has 27 heavy (non-hydrogen) atoms. The standard InChI is InChI=1S/C4H10.C3H8.10C2H6/c1-4(2)3;1-3-2;10*1-2/h4H,1-3H3;3H2,1-2H3;10*1-2H3. The predicted octanol–water partition coefficient (Wildman–Crippen LogP) is 13.3. The van der Waals surface area contributed by atoms with Gasteiger partial charge in [0.2, 0.25) is 0 Å². The molecular weight excluding hydrogens is 324 g/mol. The maximum Gasteiger partial charge on any atom is -0.0500 e. The van der Waals surface area contributed by atoms with Crippen molar-refractivity contribution in [3.63, 3.8) is 0 Å². The van der Waals surface area contributed by atoms with Crippen molar-refractivity contribution in [1.29, 1.82) is 0 Å². The third-order valence-corrected chi connectivity index (χ3v) is 0. The third-order valence-electron chi connectivity index (χ3n) is 0. The van der Waals surface area contributed by atoms with Gasteiger partial charge < -0.3 is 0 Å². The first kappa shape index (κ1) is 81.1. The van der Waals surface area contributed by atoms with Crippen LogP contribution in [0.4, 0.5) is 0 Å². The number of hydrogen-bond acceptors (Lipinski definition) is 0. The zero-order valence-electron chi connectivity index (χ0n) is 26.3. The highest BCUT2D eigenvalue weighted by molar-refractivity contribution is 4.20. The van der Waals surface area contributed by atoms with Crippen LogP contribution < -0.4 is 0 Å². The van der Waals surface area contributed by atoms with Crippen LogP contribution in [0.3, 0.4) is 0 Å². The molecular formula is C27H78. The molecule has 0 aromatic carbocycles. The van der Waals surface area contributed by atoms with Gasteiger partial charge in [-0.15, -0.1) is 0 Å². The lowest BCUT2D eigenvalue weighted by atomic mass is 10.3. The minimum Gasteiger partial charge on any atom is -0.0683 e. The van der Waals surface area contributed by atoms with Crippen LogP contribution in [0, 0.1) is 5.92 Å². The molecule has 0 N–H and O–H groups in total. The van der Waals surface area contributed by atoms with Gasteiger partial charge in [0.15, 0.2) is 0 Å². The van der Waals surface area contributed by atoms with E-state index in [0.717, 1.165) is 5.92 Å². The predicted molar refractivity (Wildman–Crippen MR) is 150 cm³/mol. The van der Waals surface area contributed by atoms with Crippen molar-refractivity contribution in [3.05, 3.63) is 0 Å². The largest absolute Gasteiger partial charge is 0.0683 e. The Bertz CT molecular complexity index is 11.2. The van der Waals surface area contributed by atoms with Crippen LogP contribution in [-0.4, -0.2) is 0 Å². The van der Waals surface area contributed by atoms with E-state index >= 15 is 0 Å². The molecule has 0 atom stereocenters. The molecule has 0 spiro atoms. The van der Waals surface area contributed by atoms with E-state index in [4.69, 9.17) is 0 Å². The van der Waals surface area contributed by atoms with E-state index in [1.807, 2.05) is 138 Å². The summed E-state index contributed by atoms with van der Waals surface area (Å²) in [6, 6.07) is 0. The molecule has 0 saturated carbocycles. The second-order valence-electron chi connectivity index (χ2n) is 2.44. The summed E-state index contributed by atoms with van der Waals surface area (Å²) in [5, 5.41) is 0. The molecule has 0 aromatic rings. The molecule has 0 aliphatic carbocycles. The summed E-state index contributed by atoms with van der Waals surface area (Å²) >= 11 is 0. The fourth-order valence-corrected chi connectivity index (χ4v) is 0. The lowest BCUT2D eigenvalue weighted by Crippen LogP contribution is -1.66. The second-order valence-corrected chi connectivity index (χ2v) is 2.44. The molecule has 0 nitrogen and oxygen atoms in total. The Morgan fingerprint density at radius 2 is 0.296 bits per heavy atom. The Hall–Kier alpha value is 0. The Morgan fingerprint density at radius 1 is 0.296 bits per heavy atom. The number of rotatable bonds is 0. The van der Waals surface area contributed by atoms with Crippen LogP contribution in [0.15, 0.2) is 0 Å². The van der Waals surface area contributed by atoms with Crippen molar-refractivity contribution in [2.75, 3.05) is 0 Å². The van der Waals surface area contributed by atoms with Crippen molar-refractivity contribution in [3.8, 4) is 0 Å². The molecule has 186 valence electrons. The lowest BCUT2D eigenvalue weighted by Gasteiger charge is -1.79. The maximum absolute atomic E-state index is 2.17. The van der Waals surface area contributed by atoms with Crippen molar-refractivity contribution in [1.82, 2.24) is 0 Å². The average molecular weight is 403 g/mol. The van der Waals surface area contributed by atoms with Crippen LogP contribution in [-0.2, 0) is 0 Å². The SMILES string of the molecule is CC.CC.CC.CC.CC.CC.CC.CC.CC.CC.CC(C)C.CCC. The Labute approximate surface area is 185 Å². The number of hydrogen-bond donors (Lipinski definition) is 0. The third kappa shape index (κ3) is 0. The monoisotopic (exact) mass is 403 g/mol. The first-order chi connectivity index (χ1) is 13.1. The summed E-state index contributed by atoms with van der Waals surface area (Å²) in [7, 11) is 0. The fourth-order valence-electron chi connectivity index (χ4n) is 0. The van der Waals surface area contributed by atoms with Crippen molar-refractivity contribution in [2.24, 2.45) is 5.92 Å². The summed E-state index contributed by atoms with van der Waals surface area (Å²) in [5.41, 5.74) is 0. The van der Waals surface area contributed by atoms with Gasteiger partial charge in [-0.05, 0) is 5.92 Å². The van der Waals surface area contributed by atoms with E-state index in [2.05, 4.69) is 34.6 Å². The first-order valence-corrected chi connectivity index (χ1v) is 13.1. The molecule has 0 aromatic heterocycles. The maximum atomic E-state index is 2.17. The molecule has 0 amide bonds. The lowest BCUT2D eigenvalue weighted by molar-refractivity contribution is 0.737. The smallest absolute Gasteiger partial charge is 0.0500 e. The first-order valence-electron chi connectivity index (χ1n) is 13.1. The normalized spacial score (nSPS) is 4.22. The topological polar surface area (TPSA) is 0 Å². The Balaban J connectivity index is -0.00000000921. The van der Waals surface area contributed by atoms with Crippen molar-refractivity contribution in [2.45, 2.75) is 180 Å². The molecule has 0 aliphatic heterocycles. The van der Waals surface area contributed by atoms with Crippen LogP contribution >= 0.6 is 0 Å². The highest BCUT2D eigenvalue weighted by Gasteiger charge is 1.68. The van der Waals surface area contributed by atoms with Gasteiger partial charge in [0.25, 0.3) is 0 Å². The van der Waals surface area contributed by atoms with Gasteiger partial charge in [-0.1, -0.05) is 180 Å². The summed E-state index contributed by atoms with van der Waals surface area (Å²) in [6.45, 7) is 50.7. The van der Waals surface area contributed by atoms with Gasteiger partial charge >= 0.3 is 0 Å². The molecule has 0 saturated heterocycles. The van der Waals surface area contributed by atoms with Crippen LogP contribution in [0.5, 0.6) is 0 Å². The molecule has 0 bridgehead atoms. The van der Waals surface area contributed by atoms with E-state index in [1.165, 1.54) is 6.42 Å². The Kier molecular flexibility index (Phi) is 3050. The minimum atomic E-state index is 0.833. The zero-order valence-corrected chi connectivity index (χ0v) is 26.3. The summed E-state index contributed by atoms with van der Waals surface area (Å²) in [5.74, 6) is 0.833. The molecule has 0 radical (unpaired) electrons. The van der Waals surface area contributed by atoms with Gasteiger partial charge in [-0.2, -0.15) is 0 Å². The van der Waals surface area contributed by atoms with E-state index in [9.17, 15) is 0 Å². The van der Waals surface area contributed by atoms with Gasteiger partial charge in [0.05, 0.1) is 0 Å². The van der Waals surface area contributed by atoms with Crippen LogP contribution in [0.25, 0.3) is 0 Å². The zero-order chi connectivity index (χ0) is 26.3. The van der Waals surface area contributed by atoms with Gasteiger partial charge in [0.1, 0.15) is 0 Å². The van der Waals surface area contributed by atoms with Crippen molar-refractivity contribution < 1.29 is 0 Å². The summed E-state index contributed by atoms with van der Waals surface area (Å²) in [4.78, 5) is 0. The van der Waals surface area contributed by atoms with E-state index < -0.39 is 0 Å². The summed E-state index contributed by atoms with van der Waals surface area (Å²) < 4.78 is 0. The fraction of sp³-hybridized carbons (Fsp3) is 1.00. The van der Waals surface area contributed by atoms with Crippen LogP contribution in [0.2, 0.25) is 0 Å². The molecule has 0 unspecified atom stereocenters. The van der Waals surface area contributed by atoms with E-state index in [-0.39, 0.29) is 0 Å². The molecule has 0 heterocycles. The quantitative estimate of drug-likeness (QED) is 0.377. The Morgan fingerprint density at radius 3 is 0.296 bits per heavy atom. The molecule has 0 rings (SSSR count). The molecule has 0 fully saturated rings.